The standard InChI is InChI=1S/C23H22Cl2F2NO4/c1-28(2)18-9-13(10-19(28)21-20(18)32-21)31-22(29)23(30,11-3-5-16(26)14(24)7-11)12-4-6-17(27)15(25)8-12/h3-8,13,18-21,30H,9-10H2,1-2H3/q+1/t13?,18-,19?,20+,21?/m0/s1. The molecule has 3 aliphatic rings. The zero-order valence-electron chi connectivity index (χ0n) is 17.4. The zero-order valence-corrected chi connectivity index (χ0v) is 18.9. The van der Waals surface area contributed by atoms with Crippen LogP contribution in [0.5, 0.6) is 0 Å². The largest absolute Gasteiger partial charge is 0.459 e. The molecule has 3 aliphatic heterocycles. The van der Waals surface area contributed by atoms with Crippen LogP contribution in [0.25, 0.3) is 0 Å². The Morgan fingerprint density at radius 1 is 1.03 bits per heavy atom. The molecule has 3 heterocycles. The van der Waals surface area contributed by atoms with Crippen LogP contribution in [0.3, 0.4) is 0 Å². The summed E-state index contributed by atoms with van der Waals surface area (Å²) in [4.78, 5) is 13.4. The molecule has 3 fully saturated rings. The molecule has 0 aromatic heterocycles. The third-order valence-electron chi connectivity index (χ3n) is 7.28. The summed E-state index contributed by atoms with van der Waals surface area (Å²) in [7, 11) is 4.31. The van der Waals surface area contributed by atoms with Gasteiger partial charge in [0.25, 0.3) is 0 Å². The number of carbonyl (C=O) groups is 1. The first-order valence-electron chi connectivity index (χ1n) is 10.4. The lowest BCUT2D eigenvalue weighted by Crippen LogP contribution is -2.60. The number of nitrogens with zero attached hydrogens (tertiary/aromatic N) is 1. The van der Waals surface area contributed by atoms with Gasteiger partial charge < -0.3 is 19.1 Å². The topological polar surface area (TPSA) is 59.1 Å². The van der Waals surface area contributed by atoms with Crippen LogP contribution in [0.2, 0.25) is 10.0 Å². The van der Waals surface area contributed by atoms with Crippen molar-refractivity contribution in [1.29, 1.82) is 0 Å². The lowest BCUT2D eigenvalue weighted by molar-refractivity contribution is -0.938. The van der Waals surface area contributed by atoms with Crippen molar-refractivity contribution in [2.75, 3.05) is 14.1 Å². The van der Waals surface area contributed by atoms with E-state index in [1.807, 2.05) is 0 Å². The fourth-order valence-electron chi connectivity index (χ4n) is 5.38. The molecule has 0 saturated carbocycles. The maximum absolute atomic E-state index is 13.8. The number of piperidine rings is 1. The highest BCUT2D eigenvalue weighted by atomic mass is 35.5. The van der Waals surface area contributed by atoms with Gasteiger partial charge in [-0.3, -0.25) is 0 Å². The molecule has 3 unspecified atom stereocenters. The Hall–Kier alpha value is -1.77. The van der Waals surface area contributed by atoms with E-state index in [1.165, 1.54) is 12.1 Å². The molecule has 0 spiro atoms. The Kier molecular flexibility index (Phi) is 5.08. The van der Waals surface area contributed by atoms with E-state index in [0.29, 0.717) is 12.8 Å². The Morgan fingerprint density at radius 2 is 1.50 bits per heavy atom. The maximum Gasteiger partial charge on any atom is 0.347 e. The molecule has 5 atom stereocenters. The van der Waals surface area contributed by atoms with Gasteiger partial charge in [-0.05, 0) is 24.3 Å². The van der Waals surface area contributed by atoms with Crippen LogP contribution in [0, 0.1) is 11.6 Å². The van der Waals surface area contributed by atoms with Gasteiger partial charge in [-0.25, -0.2) is 13.6 Å². The molecule has 5 nitrogen and oxygen atoms in total. The van der Waals surface area contributed by atoms with Crippen molar-refractivity contribution in [2.45, 2.75) is 48.8 Å². The second-order valence-electron chi connectivity index (χ2n) is 9.30. The first kappa shape index (κ1) is 22.0. The minimum absolute atomic E-state index is 0.00218. The fraction of sp³-hybridized carbons (Fsp3) is 0.435. The van der Waals surface area contributed by atoms with Gasteiger partial charge in [-0.15, -0.1) is 0 Å². The quantitative estimate of drug-likeness (QED) is 0.407. The van der Waals surface area contributed by atoms with Crippen LogP contribution in [-0.4, -0.2) is 60.0 Å². The summed E-state index contributed by atoms with van der Waals surface area (Å²) in [6.07, 6.45) is 1.12. The van der Waals surface area contributed by atoms with Crippen molar-refractivity contribution in [3.05, 3.63) is 69.2 Å². The lowest BCUT2D eigenvalue weighted by Gasteiger charge is -2.45. The predicted molar refractivity (Wildman–Crippen MR) is 113 cm³/mol. The second kappa shape index (κ2) is 7.37. The number of esters is 1. The molecule has 170 valence electrons. The Bertz CT molecular complexity index is 1040. The summed E-state index contributed by atoms with van der Waals surface area (Å²) < 4.78 is 39.9. The maximum atomic E-state index is 13.8. The highest BCUT2D eigenvalue weighted by molar-refractivity contribution is 6.31. The average Bonchev–Trinajstić information content (AvgIpc) is 3.50. The van der Waals surface area contributed by atoms with E-state index in [2.05, 4.69) is 14.1 Å². The molecular weight excluding hydrogens is 463 g/mol. The van der Waals surface area contributed by atoms with Gasteiger partial charge in [-0.2, -0.15) is 0 Å². The van der Waals surface area contributed by atoms with E-state index < -0.39 is 29.3 Å². The van der Waals surface area contributed by atoms with Crippen LogP contribution >= 0.6 is 23.2 Å². The summed E-state index contributed by atoms with van der Waals surface area (Å²) in [6.45, 7) is 0. The summed E-state index contributed by atoms with van der Waals surface area (Å²) >= 11 is 11.8. The monoisotopic (exact) mass is 484 g/mol. The molecule has 9 heteroatoms. The number of quaternary nitrogens is 1. The highest BCUT2D eigenvalue weighted by Crippen LogP contribution is 2.52. The molecule has 3 saturated heterocycles. The summed E-state index contributed by atoms with van der Waals surface area (Å²) in [5.74, 6) is -2.35. The number of epoxide rings is 1. The summed E-state index contributed by atoms with van der Waals surface area (Å²) in [5.41, 5.74) is -2.36. The number of benzene rings is 2. The van der Waals surface area contributed by atoms with Crippen molar-refractivity contribution in [3.8, 4) is 0 Å². The third kappa shape index (κ3) is 3.25. The van der Waals surface area contributed by atoms with Crippen molar-refractivity contribution < 1.29 is 32.6 Å². The van der Waals surface area contributed by atoms with Crippen molar-refractivity contribution >= 4 is 29.2 Å². The van der Waals surface area contributed by atoms with E-state index in [-0.39, 0.29) is 45.5 Å². The van der Waals surface area contributed by atoms with Crippen molar-refractivity contribution in [1.82, 2.24) is 0 Å². The number of likely N-dealkylation sites (N-methyl/N-ethyl adjacent to an activating group) is 1. The Morgan fingerprint density at radius 3 is 1.94 bits per heavy atom. The first-order valence-corrected chi connectivity index (χ1v) is 11.1. The molecule has 1 N–H and O–H groups in total. The minimum atomic E-state index is -2.35. The fourth-order valence-corrected chi connectivity index (χ4v) is 5.74. The number of ether oxygens (including phenoxy) is 2. The lowest BCUT2D eigenvalue weighted by atomic mass is 9.86. The molecule has 0 radical (unpaired) electrons. The molecule has 5 rings (SSSR count). The predicted octanol–water partition coefficient (Wildman–Crippen LogP) is 3.81. The van der Waals surface area contributed by atoms with E-state index >= 15 is 0 Å². The van der Waals surface area contributed by atoms with Gasteiger partial charge in [0, 0.05) is 24.0 Å². The number of carbonyl (C=O) groups excluding carboxylic acids is 1. The van der Waals surface area contributed by atoms with Crippen LogP contribution in [0.15, 0.2) is 36.4 Å². The van der Waals surface area contributed by atoms with Crippen LogP contribution in [-0.2, 0) is 19.9 Å². The number of hydrogen-bond acceptors (Lipinski definition) is 4. The van der Waals surface area contributed by atoms with Gasteiger partial charge in [0.15, 0.2) is 0 Å². The average molecular weight is 485 g/mol. The third-order valence-corrected chi connectivity index (χ3v) is 7.86. The van der Waals surface area contributed by atoms with Gasteiger partial charge in [-0.1, -0.05) is 35.3 Å². The van der Waals surface area contributed by atoms with E-state index in [4.69, 9.17) is 32.7 Å². The minimum Gasteiger partial charge on any atom is -0.459 e. The molecule has 2 aromatic carbocycles. The zero-order chi connectivity index (χ0) is 23.0. The normalized spacial score (nSPS) is 30.0. The van der Waals surface area contributed by atoms with Crippen molar-refractivity contribution in [3.63, 3.8) is 0 Å². The van der Waals surface area contributed by atoms with Gasteiger partial charge in [0.2, 0.25) is 5.60 Å². The van der Waals surface area contributed by atoms with Crippen LogP contribution in [0.1, 0.15) is 24.0 Å². The van der Waals surface area contributed by atoms with E-state index in [0.717, 1.165) is 28.7 Å². The SMILES string of the molecule is C[N+]1(C)C2CC(OC(=O)C(O)(c3ccc(F)c(Cl)c3)c3ccc(F)c(Cl)c3)C[C@H]1[C@H]1OC21. The smallest absolute Gasteiger partial charge is 0.347 e. The molecule has 0 aliphatic carbocycles. The van der Waals surface area contributed by atoms with Crippen LogP contribution < -0.4 is 0 Å². The van der Waals surface area contributed by atoms with E-state index in [1.54, 1.807) is 0 Å². The van der Waals surface area contributed by atoms with Gasteiger partial charge in [0.05, 0.1) is 24.1 Å². The number of morpholine rings is 1. The van der Waals surface area contributed by atoms with Crippen LogP contribution in [0.4, 0.5) is 8.78 Å². The number of aliphatic hydroxyl groups is 1. The number of hydrogen-bond donors (Lipinski definition) is 1. The van der Waals surface area contributed by atoms with Gasteiger partial charge in [0.1, 0.15) is 42.0 Å². The molecule has 2 bridgehead atoms. The van der Waals surface area contributed by atoms with Crippen molar-refractivity contribution in [2.24, 2.45) is 0 Å². The van der Waals surface area contributed by atoms with Gasteiger partial charge >= 0.3 is 5.97 Å². The number of halogens is 4. The summed E-state index contributed by atoms with van der Waals surface area (Å²) in [6, 6.07) is 7.29. The number of fused-ring (bicyclic) bond motifs is 5. The molecular formula is C23H22Cl2F2NO4+. The first-order chi connectivity index (χ1) is 15.0. The highest BCUT2D eigenvalue weighted by Gasteiger charge is 2.71. The van der Waals surface area contributed by atoms with E-state index in [9.17, 15) is 18.7 Å². The molecule has 2 aromatic rings. The molecule has 32 heavy (non-hydrogen) atoms. The summed E-state index contributed by atoms with van der Waals surface area (Å²) in [5, 5.41) is 11.1. The Balaban J connectivity index is 1.48. The Labute approximate surface area is 194 Å². The number of rotatable bonds is 4. The molecule has 0 amide bonds. The second-order valence-corrected chi connectivity index (χ2v) is 10.1.